The lowest BCUT2D eigenvalue weighted by Crippen LogP contribution is -2.03. The Labute approximate surface area is 172 Å². The number of rotatable bonds is 7. The third kappa shape index (κ3) is 4.10. The van der Waals surface area contributed by atoms with E-state index in [0.29, 0.717) is 39.7 Å². The highest BCUT2D eigenvalue weighted by Crippen LogP contribution is 2.34. The number of aromatic nitrogens is 4. The smallest absolute Gasteiger partial charge is 0.186 e. The number of pyridine rings is 2. The Morgan fingerprint density at radius 3 is 2.77 bits per heavy atom. The lowest BCUT2D eigenvalue weighted by Gasteiger charge is -2.10. The number of carbonyl (C=O) groups excluding carboxylic acids is 1. The van der Waals surface area contributed by atoms with E-state index in [9.17, 15) is 4.79 Å². The molecule has 0 unspecified atom stereocenters. The van der Waals surface area contributed by atoms with Crippen LogP contribution in [0.25, 0.3) is 11.0 Å². The van der Waals surface area contributed by atoms with Crippen molar-refractivity contribution < 1.29 is 9.53 Å². The van der Waals surface area contributed by atoms with Crippen LogP contribution in [0.2, 0.25) is 0 Å². The first-order chi connectivity index (χ1) is 14.6. The number of H-pyrrole nitrogens is 1. The van der Waals surface area contributed by atoms with Crippen molar-refractivity contribution in [1.82, 2.24) is 20.2 Å². The molecule has 0 aliphatic heterocycles. The number of anilines is 2. The van der Waals surface area contributed by atoms with Crippen LogP contribution in [0.5, 0.6) is 11.5 Å². The van der Waals surface area contributed by atoms with Crippen molar-refractivity contribution in [3.8, 4) is 17.6 Å². The van der Waals surface area contributed by atoms with E-state index in [0.717, 1.165) is 5.56 Å². The van der Waals surface area contributed by atoms with Crippen molar-refractivity contribution in [3.05, 3.63) is 66.1 Å². The third-order valence-electron chi connectivity index (χ3n) is 4.44. The number of fused-ring (bicyclic) bond motifs is 1. The highest BCUT2D eigenvalue weighted by Gasteiger charge is 2.15. The fraction of sp³-hybridized carbons (Fsp3) is 0.136. The minimum absolute atomic E-state index is 0.137. The Morgan fingerprint density at radius 2 is 1.97 bits per heavy atom. The molecule has 0 spiro atoms. The van der Waals surface area contributed by atoms with Crippen molar-refractivity contribution in [1.29, 1.82) is 5.26 Å². The fourth-order valence-electron chi connectivity index (χ4n) is 2.93. The van der Waals surface area contributed by atoms with Crippen LogP contribution >= 0.6 is 0 Å². The first-order valence-corrected chi connectivity index (χ1v) is 9.35. The number of ether oxygens (including phenoxy) is 1. The maximum Gasteiger partial charge on any atom is 0.186 e. The summed E-state index contributed by atoms with van der Waals surface area (Å²) in [6, 6.07) is 14.9. The predicted molar refractivity (Wildman–Crippen MR) is 112 cm³/mol. The number of benzene rings is 1. The maximum atomic E-state index is 12.2. The Kier molecular flexibility index (Phi) is 5.35. The van der Waals surface area contributed by atoms with Crippen LogP contribution in [0.3, 0.4) is 0 Å². The van der Waals surface area contributed by atoms with Gasteiger partial charge in [-0.3, -0.25) is 14.9 Å². The SMILES string of the molecule is Cc1ccc(Oc2ccnc3n[nH]c(Nc4ccnc(C(=O)CCC#N)c4)c23)cc1. The van der Waals surface area contributed by atoms with Crippen molar-refractivity contribution in [2.45, 2.75) is 19.8 Å². The van der Waals surface area contributed by atoms with Gasteiger partial charge in [-0.1, -0.05) is 17.7 Å². The fourth-order valence-corrected chi connectivity index (χ4v) is 2.93. The van der Waals surface area contributed by atoms with Gasteiger partial charge in [-0.25, -0.2) is 4.98 Å². The Morgan fingerprint density at radius 1 is 1.17 bits per heavy atom. The number of nitrogens with one attached hydrogen (secondary N) is 2. The van der Waals surface area contributed by atoms with E-state index in [2.05, 4.69) is 25.5 Å². The van der Waals surface area contributed by atoms with E-state index in [1.54, 1.807) is 30.6 Å². The molecule has 0 atom stereocenters. The van der Waals surface area contributed by atoms with Crippen LogP contribution in [0.1, 0.15) is 28.9 Å². The maximum absolute atomic E-state index is 12.2. The van der Waals surface area contributed by atoms with Crippen molar-refractivity contribution in [3.63, 3.8) is 0 Å². The van der Waals surface area contributed by atoms with Crippen LogP contribution in [0, 0.1) is 18.3 Å². The second kappa shape index (κ2) is 8.41. The average molecular weight is 398 g/mol. The van der Waals surface area contributed by atoms with Crippen LogP contribution in [-0.2, 0) is 0 Å². The molecule has 3 aromatic heterocycles. The van der Waals surface area contributed by atoms with Gasteiger partial charge in [-0.15, -0.1) is 0 Å². The monoisotopic (exact) mass is 398 g/mol. The summed E-state index contributed by atoms with van der Waals surface area (Å²) in [6.45, 7) is 2.01. The van der Waals surface area contributed by atoms with Gasteiger partial charge in [-0.2, -0.15) is 10.4 Å². The van der Waals surface area contributed by atoms with Crippen LogP contribution < -0.4 is 10.1 Å². The third-order valence-corrected chi connectivity index (χ3v) is 4.44. The zero-order valence-corrected chi connectivity index (χ0v) is 16.2. The van der Waals surface area contributed by atoms with Gasteiger partial charge in [0, 0.05) is 37.0 Å². The number of hydrogen-bond acceptors (Lipinski definition) is 7. The highest BCUT2D eigenvalue weighted by molar-refractivity contribution is 5.97. The molecule has 4 aromatic rings. The molecule has 0 saturated carbocycles. The van der Waals surface area contributed by atoms with E-state index in [1.807, 2.05) is 37.3 Å². The standard InChI is InChI=1S/C22H18N6O2/c1-14-4-6-16(7-5-14)30-19-9-12-25-21-20(19)22(28-27-21)26-15-8-11-24-17(13-15)18(29)3-2-10-23/h4-9,11-13H,2-3H2,1H3,(H2,24,25,26,27,28). The summed E-state index contributed by atoms with van der Waals surface area (Å²) in [7, 11) is 0. The molecule has 3 heterocycles. The van der Waals surface area contributed by atoms with Crippen molar-refractivity contribution in [2.24, 2.45) is 0 Å². The molecule has 0 aliphatic rings. The second-order valence-electron chi connectivity index (χ2n) is 6.66. The first-order valence-electron chi connectivity index (χ1n) is 9.35. The van der Waals surface area contributed by atoms with Gasteiger partial charge in [0.25, 0.3) is 0 Å². The summed E-state index contributed by atoms with van der Waals surface area (Å²) in [5.41, 5.74) is 2.60. The lowest BCUT2D eigenvalue weighted by atomic mass is 10.1. The number of ketones is 1. The van der Waals surface area contributed by atoms with Gasteiger partial charge in [0.05, 0.1) is 6.07 Å². The van der Waals surface area contributed by atoms with E-state index in [4.69, 9.17) is 10.00 Å². The van der Waals surface area contributed by atoms with E-state index >= 15 is 0 Å². The molecule has 148 valence electrons. The molecule has 4 rings (SSSR count). The Balaban J connectivity index is 1.63. The lowest BCUT2D eigenvalue weighted by molar-refractivity contribution is 0.0979. The summed E-state index contributed by atoms with van der Waals surface area (Å²) >= 11 is 0. The van der Waals surface area contributed by atoms with Crippen molar-refractivity contribution >= 4 is 28.3 Å². The largest absolute Gasteiger partial charge is 0.456 e. The normalized spacial score (nSPS) is 10.5. The van der Waals surface area contributed by atoms with Crippen LogP contribution in [-0.4, -0.2) is 25.9 Å². The quantitative estimate of drug-likeness (QED) is 0.434. The molecule has 0 aliphatic carbocycles. The second-order valence-corrected chi connectivity index (χ2v) is 6.66. The summed E-state index contributed by atoms with van der Waals surface area (Å²) < 4.78 is 6.05. The van der Waals surface area contributed by atoms with Gasteiger partial charge in [0.1, 0.15) is 28.4 Å². The molecule has 0 amide bonds. The molecule has 0 fully saturated rings. The summed E-state index contributed by atoms with van der Waals surface area (Å²) in [5, 5.41) is 19.7. The first kappa shape index (κ1) is 19.1. The Bertz CT molecular complexity index is 1240. The zero-order valence-electron chi connectivity index (χ0n) is 16.2. The molecule has 0 radical (unpaired) electrons. The Hall–Kier alpha value is -4.25. The summed E-state index contributed by atoms with van der Waals surface area (Å²) in [6.07, 6.45) is 3.48. The molecular formula is C22H18N6O2. The molecule has 8 nitrogen and oxygen atoms in total. The molecule has 0 bridgehead atoms. The number of hydrogen-bond donors (Lipinski definition) is 2. The minimum atomic E-state index is -0.181. The zero-order chi connectivity index (χ0) is 20.9. The van der Waals surface area contributed by atoms with E-state index in [-0.39, 0.29) is 18.6 Å². The van der Waals surface area contributed by atoms with E-state index in [1.165, 1.54) is 0 Å². The molecule has 1 aromatic carbocycles. The molecule has 8 heteroatoms. The van der Waals surface area contributed by atoms with E-state index < -0.39 is 0 Å². The molecule has 2 N–H and O–H groups in total. The topological polar surface area (TPSA) is 117 Å². The van der Waals surface area contributed by atoms with Gasteiger partial charge in [-0.05, 0) is 31.2 Å². The minimum Gasteiger partial charge on any atom is -0.456 e. The summed E-state index contributed by atoms with van der Waals surface area (Å²) in [4.78, 5) is 20.5. The summed E-state index contributed by atoms with van der Waals surface area (Å²) in [5.74, 6) is 1.70. The molecule has 0 saturated heterocycles. The molecule has 30 heavy (non-hydrogen) atoms. The van der Waals surface area contributed by atoms with Gasteiger partial charge >= 0.3 is 0 Å². The van der Waals surface area contributed by atoms with Gasteiger partial charge in [0.2, 0.25) is 0 Å². The number of aryl methyl sites for hydroxylation is 1. The predicted octanol–water partition coefficient (Wildman–Crippen LogP) is 4.68. The number of aromatic amines is 1. The van der Waals surface area contributed by atoms with Crippen LogP contribution in [0.15, 0.2) is 54.9 Å². The van der Waals surface area contributed by atoms with Crippen LogP contribution in [0.4, 0.5) is 11.5 Å². The van der Waals surface area contributed by atoms with Gasteiger partial charge in [0.15, 0.2) is 11.4 Å². The number of nitriles is 1. The number of Topliss-reactive ketones (excluding diaryl/α,β-unsaturated/α-hetero) is 1. The van der Waals surface area contributed by atoms with Crippen molar-refractivity contribution in [2.75, 3.05) is 5.32 Å². The average Bonchev–Trinajstić information content (AvgIpc) is 3.17. The number of carbonyl (C=O) groups is 1. The molecular weight excluding hydrogens is 380 g/mol. The highest BCUT2D eigenvalue weighted by atomic mass is 16.5. The van der Waals surface area contributed by atoms with Gasteiger partial charge < -0.3 is 10.1 Å². The number of nitrogens with zero attached hydrogens (tertiary/aromatic N) is 4.